The monoisotopic (exact) mass is 300 g/mol. The number of anilines is 1. The summed E-state index contributed by atoms with van der Waals surface area (Å²) in [5.74, 6) is 0.842. The fraction of sp³-hybridized carbons (Fsp3) is 0.200. The van der Waals surface area contributed by atoms with Gasteiger partial charge in [0.25, 0.3) is 0 Å². The first kappa shape index (κ1) is 14.3. The standard InChI is InChI=1S/C15H16N4O3/c16-15-6-14(22-8-10(21)7-20)11-2-1-9(5-13(11)18-15)12-3-4-17-19-12/h1-6,10,20-21H,7-8H2,(H2,16,18)(H,17,19)/t10-/m0/s1. The molecular weight excluding hydrogens is 284 g/mol. The van der Waals surface area contributed by atoms with E-state index in [0.29, 0.717) is 17.1 Å². The van der Waals surface area contributed by atoms with Crippen LogP contribution >= 0.6 is 0 Å². The number of fused-ring (bicyclic) bond motifs is 1. The van der Waals surface area contributed by atoms with Crippen LogP contribution in [0.15, 0.2) is 36.5 Å². The largest absolute Gasteiger partial charge is 0.490 e. The fourth-order valence-electron chi connectivity index (χ4n) is 2.16. The van der Waals surface area contributed by atoms with Crippen LogP contribution in [0.2, 0.25) is 0 Å². The molecule has 0 saturated heterocycles. The first-order chi connectivity index (χ1) is 10.7. The minimum Gasteiger partial charge on any atom is -0.490 e. The molecule has 0 radical (unpaired) electrons. The molecule has 1 atom stereocenters. The summed E-state index contributed by atoms with van der Waals surface area (Å²) < 4.78 is 5.53. The van der Waals surface area contributed by atoms with E-state index in [-0.39, 0.29) is 13.2 Å². The molecular formula is C15H16N4O3. The zero-order valence-electron chi connectivity index (χ0n) is 11.7. The Labute approximate surface area is 126 Å². The van der Waals surface area contributed by atoms with E-state index in [1.807, 2.05) is 24.3 Å². The molecule has 0 saturated carbocycles. The van der Waals surface area contributed by atoms with Crippen LogP contribution in [0.4, 0.5) is 5.82 Å². The summed E-state index contributed by atoms with van der Waals surface area (Å²) in [5.41, 5.74) is 8.30. The molecule has 22 heavy (non-hydrogen) atoms. The van der Waals surface area contributed by atoms with Gasteiger partial charge in [-0.25, -0.2) is 4.98 Å². The van der Waals surface area contributed by atoms with Gasteiger partial charge >= 0.3 is 0 Å². The summed E-state index contributed by atoms with van der Waals surface area (Å²) in [7, 11) is 0. The first-order valence-corrected chi connectivity index (χ1v) is 6.79. The second-order valence-corrected chi connectivity index (χ2v) is 4.89. The van der Waals surface area contributed by atoms with Crippen molar-refractivity contribution in [2.45, 2.75) is 6.10 Å². The van der Waals surface area contributed by atoms with Gasteiger partial charge in [-0.3, -0.25) is 5.10 Å². The number of rotatable bonds is 5. The minimum absolute atomic E-state index is 0.0165. The second kappa shape index (κ2) is 6.00. The lowest BCUT2D eigenvalue weighted by Gasteiger charge is -2.13. The molecule has 0 amide bonds. The number of aromatic nitrogens is 3. The summed E-state index contributed by atoms with van der Waals surface area (Å²) >= 11 is 0. The van der Waals surface area contributed by atoms with E-state index in [2.05, 4.69) is 15.2 Å². The van der Waals surface area contributed by atoms with E-state index < -0.39 is 6.10 Å². The van der Waals surface area contributed by atoms with Crippen LogP contribution < -0.4 is 10.5 Å². The van der Waals surface area contributed by atoms with E-state index in [9.17, 15) is 5.11 Å². The average molecular weight is 300 g/mol. The maximum absolute atomic E-state index is 9.40. The van der Waals surface area contributed by atoms with Crippen molar-refractivity contribution in [3.05, 3.63) is 36.5 Å². The van der Waals surface area contributed by atoms with Crippen molar-refractivity contribution in [2.24, 2.45) is 0 Å². The lowest BCUT2D eigenvalue weighted by atomic mass is 10.1. The molecule has 114 valence electrons. The molecule has 0 fully saturated rings. The van der Waals surface area contributed by atoms with Crippen LogP contribution in [-0.2, 0) is 0 Å². The molecule has 0 spiro atoms. The Kier molecular flexibility index (Phi) is 3.90. The highest BCUT2D eigenvalue weighted by atomic mass is 16.5. The van der Waals surface area contributed by atoms with Gasteiger partial charge in [-0.2, -0.15) is 5.10 Å². The zero-order chi connectivity index (χ0) is 15.5. The molecule has 0 unspecified atom stereocenters. The number of nitrogens with one attached hydrogen (secondary N) is 1. The Morgan fingerprint density at radius 2 is 2.14 bits per heavy atom. The molecule has 2 heterocycles. The number of aromatic amines is 1. The highest BCUT2D eigenvalue weighted by molar-refractivity contribution is 5.89. The van der Waals surface area contributed by atoms with Gasteiger partial charge in [-0.15, -0.1) is 0 Å². The predicted octanol–water partition coefficient (Wildman–Crippen LogP) is 0.939. The van der Waals surface area contributed by atoms with E-state index in [1.54, 1.807) is 12.3 Å². The Morgan fingerprint density at radius 1 is 1.27 bits per heavy atom. The normalized spacial score (nSPS) is 12.5. The van der Waals surface area contributed by atoms with Crippen LogP contribution in [0.3, 0.4) is 0 Å². The zero-order valence-corrected chi connectivity index (χ0v) is 11.7. The number of pyridine rings is 1. The summed E-state index contributed by atoms with van der Waals surface area (Å²) in [5, 5.41) is 25.8. The number of benzene rings is 1. The lowest BCUT2D eigenvalue weighted by Crippen LogP contribution is -2.21. The van der Waals surface area contributed by atoms with Crippen molar-refractivity contribution in [1.82, 2.24) is 15.2 Å². The Morgan fingerprint density at radius 3 is 2.86 bits per heavy atom. The van der Waals surface area contributed by atoms with Crippen molar-refractivity contribution in [1.29, 1.82) is 0 Å². The van der Waals surface area contributed by atoms with E-state index in [4.69, 9.17) is 15.6 Å². The van der Waals surface area contributed by atoms with Crippen molar-refractivity contribution in [3.63, 3.8) is 0 Å². The number of nitrogen functional groups attached to an aromatic ring is 1. The van der Waals surface area contributed by atoms with E-state index >= 15 is 0 Å². The molecule has 7 nitrogen and oxygen atoms in total. The molecule has 7 heteroatoms. The third kappa shape index (κ3) is 2.85. The molecule has 0 aliphatic heterocycles. The average Bonchev–Trinajstić information content (AvgIpc) is 3.05. The van der Waals surface area contributed by atoms with Gasteiger partial charge in [0.2, 0.25) is 0 Å². The third-order valence-corrected chi connectivity index (χ3v) is 3.25. The summed E-state index contributed by atoms with van der Waals surface area (Å²) in [6, 6.07) is 9.14. The van der Waals surface area contributed by atoms with Crippen LogP contribution in [0.25, 0.3) is 22.2 Å². The molecule has 5 N–H and O–H groups in total. The molecule has 3 aromatic rings. The third-order valence-electron chi connectivity index (χ3n) is 3.25. The number of aliphatic hydroxyl groups excluding tert-OH is 2. The quantitative estimate of drug-likeness (QED) is 0.557. The maximum Gasteiger partial charge on any atom is 0.132 e. The molecule has 0 aliphatic carbocycles. The van der Waals surface area contributed by atoms with Gasteiger partial charge in [0.05, 0.1) is 17.8 Å². The van der Waals surface area contributed by atoms with E-state index in [0.717, 1.165) is 16.6 Å². The Balaban J connectivity index is 1.99. The number of nitrogens with two attached hydrogens (primary N) is 1. The van der Waals surface area contributed by atoms with Crippen LogP contribution in [0, 0.1) is 0 Å². The number of aliphatic hydroxyl groups is 2. The minimum atomic E-state index is -0.936. The summed E-state index contributed by atoms with van der Waals surface area (Å²) in [6.07, 6.45) is 0.741. The summed E-state index contributed by atoms with van der Waals surface area (Å²) in [4.78, 5) is 4.31. The van der Waals surface area contributed by atoms with Gasteiger partial charge in [0, 0.05) is 23.2 Å². The fourth-order valence-corrected chi connectivity index (χ4v) is 2.16. The molecule has 0 bridgehead atoms. The van der Waals surface area contributed by atoms with Gasteiger partial charge < -0.3 is 20.7 Å². The van der Waals surface area contributed by atoms with Gasteiger partial charge in [0.15, 0.2) is 0 Å². The Hall–Kier alpha value is -2.64. The van der Waals surface area contributed by atoms with Crippen LogP contribution in [0.1, 0.15) is 0 Å². The number of nitrogens with zero attached hydrogens (tertiary/aromatic N) is 2. The van der Waals surface area contributed by atoms with Crippen molar-refractivity contribution >= 4 is 16.7 Å². The smallest absolute Gasteiger partial charge is 0.132 e. The van der Waals surface area contributed by atoms with Crippen molar-refractivity contribution in [3.8, 4) is 17.0 Å². The molecule has 3 rings (SSSR count). The highest BCUT2D eigenvalue weighted by Crippen LogP contribution is 2.30. The first-order valence-electron chi connectivity index (χ1n) is 6.79. The van der Waals surface area contributed by atoms with Gasteiger partial charge in [-0.05, 0) is 18.2 Å². The van der Waals surface area contributed by atoms with E-state index in [1.165, 1.54) is 0 Å². The number of hydrogen-bond donors (Lipinski definition) is 4. The van der Waals surface area contributed by atoms with Crippen LogP contribution in [-0.4, -0.2) is 44.7 Å². The summed E-state index contributed by atoms with van der Waals surface area (Å²) in [6.45, 7) is -0.375. The maximum atomic E-state index is 9.40. The molecule has 0 aliphatic rings. The SMILES string of the molecule is Nc1cc(OC[C@@H](O)CO)c2ccc(-c3ccn[nH]3)cc2n1. The highest BCUT2D eigenvalue weighted by Gasteiger charge is 2.10. The second-order valence-electron chi connectivity index (χ2n) is 4.89. The Bertz CT molecular complexity index is 774. The number of ether oxygens (including phenoxy) is 1. The predicted molar refractivity (Wildman–Crippen MR) is 82.3 cm³/mol. The number of hydrogen-bond acceptors (Lipinski definition) is 6. The number of H-pyrrole nitrogens is 1. The lowest BCUT2D eigenvalue weighted by molar-refractivity contribution is 0.0541. The van der Waals surface area contributed by atoms with Crippen molar-refractivity contribution in [2.75, 3.05) is 18.9 Å². The topological polar surface area (TPSA) is 117 Å². The van der Waals surface area contributed by atoms with Gasteiger partial charge in [-0.1, -0.05) is 6.07 Å². The van der Waals surface area contributed by atoms with Crippen molar-refractivity contribution < 1.29 is 14.9 Å². The molecule has 2 aromatic heterocycles. The molecule has 1 aromatic carbocycles. The van der Waals surface area contributed by atoms with Gasteiger partial charge in [0.1, 0.15) is 24.3 Å². The van der Waals surface area contributed by atoms with Crippen LogP contribution in [0.5, 0.6) is 5.75 Å².